The molecule has 2 atom stereocenters. The third-order valence-electron chi connectivity index (χ3n) is 4.05. The zero-order chi connectivity index (χ0) is 16.9. The fraction of sp³-hybridized carbons (Fsp3) is 0.368. The highest BCUT2D eigenvalue weighted by Gasteiger charge is 2.11. The van der Waals surface area contributed by atoms with Crippen LogP contribution in [-0.2, 0) is 16.3 Å². The molecule has 0 amide bonds. The van der Waals surface area contributed by atoms with E-state index < -0.39 is 9.84 Å². The maximum absolute atomic E-state index is 11.5. The third kappa shape index (κ3) is 5.48. The van der Waals surface area contributed by atoms with E-state index in [2.05, 4.69) is 43.4 Å². The Kier molecular flexibility index (Phi) is 5.97. The van der Waals surface area contributed by atoms with Crippen molar-refractivity contribution in [3.8, 4) is 0 Å². The second-order valence-corrected chi connectivity index (χ2v) is 8.17. The molecule has 1 N–H and O–H groups in total. The molecule has 0 aromatic heterocycles. The van der Waals surface area contributed by atoms with Gasteiger partial charge in [0.2, 0.25) is 0 Å². The van der Waals surface area contributed by atoms with Crippen LogP contribution in [0, 0.1) is 0 Å². The van der Waals surface area contributed by atoms with Gasteiger partial charge in [-0.3, -0.25) is 0 Å². The number of sulfone groups is 1. The quantitative estimate of drug-likeness (QED) is 0.840. The lowest BCUT2D eigenvalue weighted by Crippen LogP contribution is -2.29. The lowest BCUT2D eigenvalue weighted by molar-refractivity contribution is 0.456. The van der Waals surface area contributed by atoms with Crippen molar-refractivity contribution in [3.63, 3.8) is 0 Å². The van der Waals surface area contributed by atoms with E-state index in [0.717, 1.165) is 18.4 Å². The average Bonchev–Trinajstić information content (AvgIpc) is 2.53. The molecule has 2 aromatic rings. The van der Waals surface area contributed by atoms with Crippen molar-refractivity contribution in [3.05, 3.63) is 65.7 Å². The Morgan fingerprint density at radius 2 is 1.57 bits per heavy atom. The zero-order valence-corrected chi connectivity index (χ0v) is 14.8. The fourth-order valence-electron chi connectivity index (χ4n) is 2.64. The van der Waals surface area contributed by atoms with E-state index in [-0.39, 0.29) is 6.04 Å². The number of aryl methyl sites for hydroxylation is 1. The van der Waals surface area contributed by atoms with Crippen LogP contribution in [0.15, 0.2) is 59.5 Å². The summed E-state index contributed by atoms with van der Waals surface area (Å²) in [6, 6.07) is 18.2. The van der Waals surface area contributed by atoms with Crippen molar-refractivity contribution in [1.82, 2.24) is 5.32 Å². The van der Waals surface area contributed by atoms with Gasteiger partial charge in [0.05, 0.1) is 4.90 Å². The number of benzene rings is 2. The molecular weight excluding hydrogens is 306 g/mol. The van der Waals surface area contributed by atoms with Gasteiger partial charge < -0.3 is 5.32 Å². The van der Waals surface area contributed by atoms with Crippen LogP contribution in [0.25, 0.3) is 0 Å². The highest BCUT2D eigenvalue weighted by Crippen LogP contribution is 2.17. The Morgan fingerprint density at radius 3 is 2.13 bits per heavy atom. The predicted octanol–water partition coefficient (Wildman–Crippen LogP) is 3.76. The molecule has 0 saturated heterocycles. The van der Waals surface area contributed by atoms with E-state index in [1.54, 1.807) is 12.1 Å². The lowest BCUT2D eigenvalue weighted by atomic mass is 10.0. The molecule has 0 fully saturated rings. The van der Waals surface area contributed by atoms with E-state index >= 15 is 0 Å². The lowest BCUT2D eigenvalue weighted by Gasteiger charge is -2.20. The van der Waals surface area contributed by atoms with Gasteiger partial charge >= 0.3 is 0 Å². The van der Waals surface area contributed by atoms with Gasteiger partial charge in [-0.05, 0) is 49.9 Å². The minimum atomic E-state index is -3.13. The van der Waals surface area contributed by atoms with Gasteiger partial charge in [0.25, 0.3) is 0 Å². The van der Waals surface area contributed by atoms with Gasteiger partial charge in [0.15, 0.2) is 9.84 Å². The SMILES string of the molecule is CC(CCc1ccccc1)NC(C)c1ccc(S(C)(=O)=O)cc1. The summed E-state index contributed by atoms with van der Waals surface area (Å²) in [7, 11) is -3.13. The van der Waals surface area contributed by atoms with Crippen LogP contribution in [0.3, 0.4) is 0 Å². The second-order valence-electron chi connectivity index (χ2n) is 6.15. The molecule has 0 heterocycles. The molecule has 124 valence electrons. The fourth-order valence-corrected chi connectivity index (χ4v) is 3.27. The van der Waals surface area contributed by atoms with Crippen molar-refractivity contribution >= 4 is 9.84 Å². The van der Waals surface area contributed by atoms with Crippen molar-refractivity contribution in [2.75, 3.05) is 6.26 Å². The predicted molar refractivity (Wildman–Crippen MR) is 95.3 cm³/mol. The van der Waals surface area contributed by atoms with Crippen LogP contribution in [0.4, 0.5) is 0 Å². The Labute approximate surface area is 139 Å². The Hall–Kier alpha value is -1.65. The molecule has 2 aromatic carbocycles. The maximum Gasteiger partial charge on any atom is 0.175 e. The largest absolute Gasteiger partial charge is 0.308 e. The van der Waals surface area contributed by atoms with Crippen molar-refractivity contribution < 1.29 is 8.42 Å². The first-order chi connectivity index (χ1) is 10.9. The smallest absolute Gasteiger partial charge is 0.175 e. The molecule has 3 nitrogen and oxygen atoms in total. The van der Waals surface area contributed by atoms with Crippen LogP contribution >= 0.6 is 0 Å². The molecule has 0 saturated carbocycles. The normalized spacial score (nSPS) is 14.4. The standard InChI is InChI=1S/C19H25NO2S/c1-15(9-10-17-7-5-4-6-8-17)20-16(2)18-11-13-19(14-12-18)23(3,21)22/h4-8,11-16,20H,9-10H2,1-3H3. The summed E-state index contributed by atoms with van der Waals surface area (Å²) in [4.78, 5) is 0.366. The van der Waals surface area contributed by atoms with Crippen molar-refractivity contribution in [2.45, 2.75) is 43.7 Å². The second kappa shape index (κ2) is 7.75. The molecule has 0 aliphatic rings. The summed E-state index contributed by atoms with van der Waals surface area (Å²) in [5.41, 5.74) is 2.45. The highest BCUT2D eigenvalue weighted by atomic mass is 32.2. The van der Waals surface area contributed by atoms with E-state index in [0.29, 0.717) is 10.9 Å². The van der Waals surface area contributed by atoms with Gasteiger partial charge in [0.1, 0.15) is 0 Å². The third-order valence-corrected chi connectivity index (χ3v) is 5.18. The Balaban J connectivity index is 1.89. The zero-order valence-electron chi connectivity index (χ0n) is 14.0. The summed E-state index contributed by atoms with van der Waals surface area (Å²) in [6.45, 7) is 4.29. The van der Waals surface area contributed by atoms with Gasteiger partial charge in [-0.25, -0.2) is 8.42 Å². The Bertz CT molecular complexity index is 709. The first kappa shape index (κ1) is 17.7. The molecule has 23 heavy (non-hydrogen) atoms. The van der Waals surface area contributed by atoms with Crippen LogP contribution in [0.5, 0.6) is 0 Å². The van der Waals surface area contributed by atoms with E-state index in [4.69, 9.17) is 0 Å². The summed E-state index contributed by atoms with van der Waals surface area (Å²) < 4.78 is 23.0. The molecule has 4 heteroatoms. The molecule has 0 radical (unpaired) electrons. The van der Waals surface area contributed by atoms with Gasteiger partial charge in [-0.15, -0.1) is 0 Å². The van der Waals surface area contributed by atoms with Crippen LogP contribution < -0.4 is 5.32 Å². The highest BCUT2D eigenvalue weighted by molar-refractivity contribution is 7.90. The average molecular weight is 331 g/mol. The first-order valence-electron chi connectivity index (χ1n) is 7.96. The van der Waals surface area contributed by atoms with Gasteiger partial charge in [-0.1, -0.05) is 42.5 Å². The number of hydrogen-bond donors (Lipinski definition) is 1. The summed E-state index contributed by atoms with van der Waals surface area (Å²) in [6.07, 6.45) is 3.35. The van der Waals surface area contributed by atoms with Gasteiger partial charge in [0, 0.05) is 18.3 Å². The van der Waals surface area contributed by atoms with Crippen molar-refractivity contribution in [2.24, 2.45) is 0 Å². The summed E-state index contributed by atoms with van der Waals surface area (Å²) in [5, 5.41) is 3.58. The maximum atomic E-state index is 11.5. The van der Waals surface area contributed by atoms with Crippen LogP contribution in [0.2, 0.25) is 0 Å². The van der Waals surface area contributed by atoms with Crippen LogP contribution in [-0.4, -0.2) is 20.7 Å². The number of hydrogen-bond acceptors (Lipinski definition) is 3. The van der Waals surface area contributed by atoms with E-state index in [1.165, 1.54) is 11.8 Å². The minimum Gasteiger partial charge on any atom is -0.308 e. The first-order valence-corrected chi connectivity index (χ1v) is 9.85. The molecule has 2 unspecified atom stereocenters. The van der Waals surface area contributed by atoms with Gasteiger partial charge in [-0.2, -0.15) is 0 Å². The molecular formula is C19H25NO2S. The molecule has 0 aliphatic heterocycles. The summed E-state index contributed by atoms with van der Waals surface area (Å²) >= 11 is 0. The van der Waals surface area contributed by atoms with Crippen molar-refractivity contribution in [1.29, 1.82) is 0 Å². The Morgan fingerprint density at radius 1 is 0.957 bits per heavy atom. The molecule has 0 bridgehead atoms. The van der Waals surface area contributed by atoms with E-state index in [1.807, 2.05) is 18.2 Å². The molecule has 0 aliphatic carbocycles. The molecule has 2 rings (SSSR count). The topological polar surface area (TPSA) is 46.2 Å². The summed E-state index contributed by atoms with van der Waals surface area (Å²) in [5.74, 6) is 0. The monoisotopic (exact) mass is 331 g/mol. The number of rotatable bonds is 7. The van der Waals surface area contributed by atoms with Crippen LogP contribution in [0.1, 0.15) is 37.4 Å². The number of nitrogens with one attached hydrogen (secondary N) is 1. The minimum absolute atomic E-state index is 0.189. The molecule has 0 spiro atoms. The van der Waals surface area contributed by atoms with E-state index in [9.17, 15) is 8.42 Å².